The van der Waals surface area contributed by atoms with Gasteiger partial charge in [0.1, 0.15) is 18.8 Å². The van der Waals surface area contributed by atoms with Gasteiger partial charge in [-0.05, 0) is 41.5 Å². The molecule has 4 aromatic carbocycles. The number of amides is 3. The Morgan fingerprint density at radius 2 is 1.34 bits per heavy atom. The number of hydrogen-bond acceptors (Lipinski definition) is 8. The maximum absolute atomic E-state index is 12.5. The predicted octanol–water partition coefficient (Wildman–Crippen LogP) is 5.97. The molecule has 44 heavy (non-hydrogen) atoms. The number of aromatic carboxylic acids is 1. The van der Waals surface area contributed by atoms with Crippen LogP contribution in [0.15, 0.2) is 97.1 Å². The lowest BCUT2D eigenvalue weighted by molar-refractivity contribution is -0.385. The van der Waals surface area contributed by atoms with E-state index in [1.165, 1.54) is 6.07 Å². The Hall–Kier alpha value is -6.24. The second-order valence-electron chi connectivity index (χ2n) is 9.26. The number of carboxylic acid groups (broad SMARTS) is 1. The summed E-state index contributed by atoms with van der Waals surface area (Å²) in [6.07, 6.45) is -1.46. The van der Waals surface area contributed by atoms with Gasteiger partial charge in [-0.2, -0.15) is 0 Å². The molecule has 3 amide bonds. The summed E-state index contributed by atoms with van der Waals surface area (Å²) in [5.74, 6) is -1.68. The minimum Gasteiger partial charge on any atom is -0.477 e. The van der Waals surface area contributed by atoms with Gasteiger partial charge in [0, 0.05) is 23.0 Å². The number of nitrogens with zero attached hydrogens (tertiary/aromatic N) is 1. The minimum atomic E-state index is -1.53. The summed E-state index contributed by atoms with van der Waals surface area (Å²) in [5, 5.41) is 27.9. The first kappa shape index (κ1) is 30.7. The first-order valence-electron chi connectivity index (χ1n) is 13.1. The van der Waals surface area contributed by atoms with E-state index < -0.39 is 34.3 Å². The lowest BCUT2D eigenvalue weighted by Gasteiger charge is -2.13. The van der Waals surface area contributed by atoms with E-state index >= 15 is 0 Å². The van der Waals surface area contributed by atoms with Crippen LogP contribution in [-0.2, 0) is 33.9 Å². The molecule has 0 unspecified atom stereocenters. The first-order chi connectivity index (χ1) is 21.2. The van der Waals surface area contributed by atoms with Crippen molar-refractivity contribution in [1.29, 1.82) is 0 Å². The number of nitrogens with one attached hydrogen (secondary N) is 3. The van der Waals surface area contributed by atoms with Crippen LogP contribution in [0.1, 0.15) is 27.0 Å². The van der Waals surface area contributed by atoms with Crippen molar-refractivity contribution in [3.63, 3.8) is 0 Å². The molecular weight excluding hydrogens is 572 g/mol. The van der Waals surface area contributed by atoms with E-state index in [-0.39, 0.29) is 31.2 Å². The summed E-state index contributed by atoms with van der Waals surface area (Å²) in [6, 6.07) is 25.8. The van der Waals surface area contributed by atoms with Gasteiger partial charge in [0.15, 0.2) is 0 Å². The van der Waals surface area contributed by atoms with E-state index in [1.807, 2.05) is 30.3 Å². The molecule has 0 fully saturated rings. The third-order valence-corrected chi connectivity index (χ3v) is 6.10. The number of anilines is 3. The van der Waals surface area contributed by atoms with Crippen molar-refractivity contribution in [2.45, 2.75) is 19.6 Å². The monoisotopic (exact) mass is 598 g/mol. The Bertz CT molecular complexity index is 1680. The number of para-hydroxylation sites is 1. The molecule has 0 saturated heterocycles. The van der Waals surface area contributed by atoms with Crippen LogP contribution in [0.25, 0.3) is 0 Å². The average molecular weight is 599 g/mol. The van der Waals surface area contributed by atoms with Gasteiger partial charge in [-0.15, -0.1) is 0 Å². The van der Waals surface area contributed by atoms with Gasteiger partial charge < -0.3 is 19.9 Å². The van der Waals surface area contributed by atoms with Crippen molar-refractivity contribution in [3.05, 3.63) is 129 Å². The molecule has 13 heteroatoms. The van der Waals surface area contributed by atoms with Crippen LogP contribution in [0, 0.1) is 10.1 Å². The third-order valence-electron chi connectivity index (χ3n) is 6.10. The van der Waals surface area contributed by atoms with Gasteiger partial charge in [-0.25, -0.2) is 14.4 Å². The molecule has 4 rings (SSSR count). The Labute approximate surface area is 250 Å². The van der Waals surface area contributed by atoms with Gasteiger partial charge in [0.25, 0.3) is 5.69 Å². The van der Waals surface area contributed by atoms with E-state index in [9.17, 15) is 34.4 Å². The van der Waals surface area contributed by atoms with Crippen LogP contribution in [0.2, 0.25) is 0 Å². The molecule has 0 aromatic heterocycles. The Balaban J connectivity index is 1.25. The van der Waals surface area contributed by atoms with Gasteiger partial charge in [-0.3, -0.25) is 25.5 Å². The zero-order valence-corrected chi connectivity index (χ0v) is 23.0. The molecule has 13 nitrogen and oxygen atoms in total. The molecule has 0 radical (unpaired) electrons. The Morgan fingerprint density at radius 3 is 2.05 bits per heavy atom. The van der Waals surface area contributed by atoms with E-state index in [2.05, 4.69) is 16.0 Å². The van der Waals surface area contributed by atoms with Gasteiger partial charge in [-0.1, -0.05) is 60.7 Å². The number of nitro benzene ring substituents is 1. The van der Waals surface area contributed by atoms with Gasteiger partial charge >= 0.3 is 18.2 Å². The highest BCUT2D eigenvalue weighted by Crippen LogP contribution is 2.23. The van der Waals surface area contributed by atoms with Crippen molar-refractivity contribution in [2.75, 3.05) is 16.0 Å². The van der Waals surface area contributed by atoms with Crippen molar-refractivity contribution in [2.24, 2.45) is 0 Å². The molecular formula is C31H26N4O9. The maximum atomic E-state index is 12.5. The number of carbonyl (C=O) groups is 4. The molecule has 0 spiro atoms. The summed E-state index contributed by atoms with van der Waals surface area (Å²) in [5.41, 5.74) is 1.72. The molecule has 0 aliphatic heterocycles. The second kappa shape index (κ2) is 14.6. The molecule has 0 heterocycles. The fourth-order valence-corrected chi connectivity index (χ4v) is 3.98. The summed E-state index contributed by atoms with van der Waals surface area (Å²) in [6.45, 7) is -0.308. The van der Waals surface area contributed by atoms with Gasteiger partial charge in [0.05, 0.1) is 17.0 Å². The van der Waals surface area contributed by atoms with E-state index in [0.717, 1.165) is 17.7 Å². The third kappa shape index (κ3) is 8.88. The van der Waals surface area contributed by atoms with Crippen LogP contribution in [0.4, 0.5) is 32.3 Å². The second-order valence-corrected chi connectivity index (χ2v) is 9.26. The van der Waals surface area contributed by atoms with E-state index in [0.29, 0.717) is 22.5 Å². The highest BCUT2D eigenvalue weighted by atomic mass is 16.6. The molecule has 0 saturated carbocycles. The molecule has 0 aliphatic rings. The Morgan fingerprint density at radius 1 is 0.705 bits per heavy atom. The smallest absolute Gasteiger partial charge is 0.411 e. The molecule has 0 aliphatic carbocycles. The van der Waals surface area contributed by atoms with Crippen LogP contribution in [0.5, 0.6) is 0 Å². The van der Waals surface area contributed by atoms with Gasteiger partial charge in [0.2, 0.25) is 5.91 Å². The van der Waals surface area contributed by atoms with Crippen molar-refractivity contribution < 1.29 is 38.7 Å². The highest BCUT2D eigenvalue weighted by Gasteiger charge is 2.21. The van der Waals surface area contributed by atoms with E-state index in [1.54, 1.807) is 48.5 Å². The fraction of sp³-hybridized carbons (Fsp3) is 0.0968. The summed E-state index contributed by atoms with van der Waals surface area (Å²) < 4.78 is 10.5. The lowest BCUT2D eigenvalue weighted by atomic mass is 10.1. The van der Waals surface area contributed by atoms with Crippen LogP contribution < -0.4 is 16.0 Å². The SMILES string of the molecule is O=C(Cc1ccccc1)Nc1ccc(COC(=O)Nc2ccccc2COC(=O)Nc2ccc([N+](=O)[O-])c(C(=O)O)c2)cc1. The molecule has 0 bridgehead atoms. The zero-order chi connectivity index (χ0) is 31.5. The average Bonchev–Trinajstić information content (AvgIpc) is 3.00. The predicted molar refractivity (Wildman–Crippen MR) is 159 cm³/mol. The largest absolute Gasteiger partial charge is 0.477 e. The van der Waals surface area contributed by atoms with Crippen molar-refractivity contribution >= 4 is 46.8 Å². The quantitative estimate of drug-likeness (QED) is 0.119. The number of nitro groups is 1. The Kier molecular flexibility index (Phi) is 10.2. The molecule has 4 N–H and O–H groups in total. The number of benzene rings is 4. The van der Waals surface area contributed by atoms with Crippen LogP contribution >= 0.6 is 0 Å². The molecule has 4 aromatic rings. The standard InChI is InChI=1S/C31H26N4O9/c36-28(16-20-6-2-1-3-7-20)32-23-12-10-21(11-13-23)18-43-31(40)34-26-9-5-4-8-22(26)19-44-30(39)33-24-14-15-27(35(41)42)25(17-24)29(37)38/h1-15,17H,16,18-19H2,(H,32,36)(H,33,39)(H,34,40)(H,37,38). The maximum Gasteiger partial charge on any atom is 0.411 e. The summed E-state index contributed by atoms with van der Waals surface area (Å²) in [7, 11) is 0. The van der Waals surface area contributed by atoms with Crippen molar-refractivity contribution in [1.82, 2.24) is 0 Å². The lowest BCUT2D eigenvalue weighted by Crippen LogP contribution is -2.17. The summed E-state index contributed by atoms with van der Waals surface area (Å²) in [4.78, 5) is 58.5. The topological polar surface area (TPSA) is 186 Å². The molecule has 224 valence electrons. The van der Waals surface area contributed by atoms with Crippen LogP contribution in [-0.4, -0.2) is 34.1 Å². The normalized spacial score (nSPS) is 10.3. The highest BCUT2D eigenvalue weighted by molar-refractivity contribution is 5.95. The number of rotatable bonds is 11. The first-order valence-corrected chi connectivity index (χ1v) is 13.1. The van der Waals surface area contributed by atoms with Crippen LogP contribution in [0.3, 0.4) is 0 Å². The van der Waals surface area contributed by atoms with E-state index in [4.69, 9.17) is 9.47 Å². The number of hydrogen-bond donors (Lipinski definition) is 4. The number of ether oxygens (including phenoxy) is 2. The van der Waals surface area contributed by atoms with Crippen molar-refractivity contribution in [3.8, 4) is 0 Å². The summed E-state index contributed by atoms with van der Waals surface area (Å²) >= 11 is 0. The minimum absolute atomic E-state index is 0.0180. The zero-order valence-electron chi connectivity index (χ0n) is 23.0. The fourth-order valence-electron chi connectivity index (χ4n) is 3.98. The number of carboxylic acids is 1. The molecule has 0 atom stereocenters. The number of carbonyl (C=O) groups excluding carboxylic acids is 3.